The number of hydrogen-bond acceptors (Lipinski definition) is 2. The van der Waals surface area contributed by atoms with E-state index in [0.29, 0.717) is 6.04 Å². The van der Waals surface area contributed by atoms with Crippen molar-refractivity contribution >= 4 is 23.1 Å². The van der Waals surface area contributed by atoms with Crippen molar-refractivity contribution in [2.24, 2.45) is 0 Å². The van der Waals surface area contributed by atoms with Crippen LogP contribution in [0.15, 0.2) is 24.5 Å². The van der Waals surface area contributed by atoms with E-state index in [0.717, 1.165) is 0 Å². The van der Waals surface area contributed by atoms with Crippen molar-refractivity contribution in [1.29, 1.82) is 0 Å². The van der Waals surface area contributed by atoms with Gasteiger partial charge in [-0.1, -0.05) is 6.07 Å². The van der Waals surface area contributed by atoms with Crippen LogP contribution in [0, 0.1) is 0 Å². The fourth-order valence-corrected chi connectivity index (χ4v) is 1.90. The maximum Gasteiger partial charge on any atom is 0.0360 e. The highest BCUT2D eigenvalue weighted by Gasteiger charge is 2.21. The molecule has 2 radical (unpaired) electrons. The minimum Gasteiger partial charge on any atom is -0.299 e. The molecule has 0 spiro atoms. The fraction of sp³-hybridized carbons (Fsp3) is 0.500. The average molecular weight is 187 g/mol. The summed E-state index contributed by atoms with van der Waals surface area (Å²) in [4.78, 5) is 6.54. The standard InChI is InChI=1S/C10H14N2.Mg/c1-12-7-3-5-10(12)9-4-2-6-11-8-9;/h2,4,6,8,10H,3,5,7H2,1H3;. The number of hydrogen-bond donors (Lipinski definition) is 0. The van der Waals surface area contributed by atoms with Crippen LogP contribution in [-0.2, 0) is 0 Å². The van der Waals surface area contributed by atoms with Gasteiger partial charge in [0.25, 0.3) is 0 Å². The Bertz CT molecular complexity index is 250. The quantitative estimate of drug-likeness (QED) is 0.618. The molecule has 1 aromatic rings. The molecule has 0 amide bonds. The lowest BCUT2D eigenvalue weighted by atomic mass is 10.1. The van der Waals surface area contributed by atoms with Crippen molar-refractivity contribution in [2.45, 2.75) is 18.9 Å². The van der Waals surface area contributed by atoms with E-state index in [-0.39, 0.29) is 23.1 Å². The molecule has 2 rings (SSSR count). The zero-order valence-corrected chi connectivity index (χ0v) is 9.52. The third-order valence-electron chi connectivity index (χ3n) is 2.59. The second-order valence-electron chi connectivity index (χ2n) is 3.42. The Kier molecular flexibility index (Phi) is 4.16. The van der Waals surface area contributed by atoms with Crippen LogP contribution in [0.2, 0.25) is 0 Å². The van der Waals surface area contributed by atoms with E-state index in [9.17, 15) is 0 Å². The number of likely N-dealkylation sites (tertiary alicyclic amines) is 1. The Morgan fingerprint density at radius 2 is 2.38 bits per heavy atom. The Hall–Kier alpha value is -0.124. The summed E-state index contributed by atoms with van der Waals surface area (Å²) < 4.78 is 0. The van der Waals surface area contributed by atoms with Crippen LogP contribution in [0.5, 0.6) is 0 Å². The average Bonchev–Trinajstić information content (AvgIpc) is 2.53. The predicted molar refractivity (Wildman–Crippen MR) is 54.6 cm³/mol. The van der Waals surface area contributed by atoms with E-state index in [1.165, 1.54) is 24.9 Å². The Labute approximate surface area is 95.5 Å². The second-order valence-corrected chi connectivity index (χ2v) is 3.42. The number of aromatic nitrogens is 1. The molecule has 2 nitrogen and oxygen atoms in total. The zero-order chi connectivity index (χ0) is 8.39. The molecule has 1 unspecified atom stereocenters. The van der Waals surface area contributed by atoms with Gasteiger partial charge in [-0.15, -0.1) is 0 Å². The molecule has 1 aromatic heterocycles. The molecule has 1 atom stereocenters. The van der Waals surface area contributed by atoms with Crippen LogP contribution >= 0.6 is 0 Å². The summed E-state index contributed by atoms with van der Waals surface area (Å²) in [6.45, 7) is 1.22. The molecule has 1 aliphatic rings. The number of pyridine rings is 1. The monoisotopic (exact) mass is 186 g/mol. The van der Waals surface area contributed by atoms with Gasteiger partial charge in [0, 0.05) is 41.5 Å². The highest BCUT2D eigenvalue weighted by molar-refractivity contribution is 5.75. The topological polar surface area (TPSA) is 16.1 Å². The summed E-state index contributed by atoms with van der Waals surface area (Å²) >= 11 is 0. The first kappa shape index (κ1) is 11.0. The van der Waals surface area contributed by atoms with E-state index >= 15 is 0 Å². The molecule has 3 heteroatoms. The van der Waals surface area contributed by atoms with Crippen LogP contribution in [0.25, 0.3) is 0 Å². The predicted octanol–water partition coefficient (Wildman–Crippen LogP) is 1.47. The van der Waals surface area contributed by atoms with Crippen molar-refractivity contribution < 1.29 is 0 Å². The summed E-state index contributed by atoms with van der Waals surface area (Å²) in [5, 5.41) is 0. The Balaban J connectivity index is 0.000000845. The lowest BCUT2D eigenvalue weighted by molar-refractivity contribution is 0.317. The Morgan fingerprint density at radius 1 is 1.54 bits per heavy atom. The molecular weight excluding hydrogens is 172 g/mol. The van der Waals surface area contributed by atoms with E-state index < -0.39 is 0 Å². The first-order valence-corrected chi connectivity index (χ1v) is 4.48. The summed E-state index contributed by atoms with van der Waals surface area (Å²) in [7, 11) is 2.19. The van der Waals surface area contributed by atoms with Gasteiger partial charge in [-0.3, -0.25) is 9.88 Å². The molecule has 0 N–H and O–H groups in total. The molecular formula is C10H14MgN2. The van der Waals surface area contributed by atoms with Gasteiger partial charge in [-0.25, -0.2) is 0 Å². The summed E-state index contributed by atoms with van der Waals surface area (Å²) in [5.41, 5.74) is 1.36. The highest BCUT2D eigenvalue weighted by Crippen LogP contribution is 2.29. The molecule has 1 fully saturated rings. The van der Waals surface area contributed by atoms with Gasteiger partial charge in [0.1, 0.15) is 0 Å². The molecule has 1 saturated heterocycles. The molecule has 0 aromatic carbocycles. The van der Waals surface area contributed by atoms with E-state index in [1.54, 1.807) is 0 Å². The van der Waals surface area contributed by atoms with Crippen LogP contribution < -0.4 is 0 Å². The normalized spacial score (nSPS) is 22.7. The smallest absolute Gasteiger partial charge is 0.0360 e. The van der Waals surface area contributed by atoms with Gasteiger partial charge in [-0.05, 0) is 38.1 Å². The summed E-state index contributed by atoms with van der Waals surface area (Å²) in [6, 6.07) is 4.79. The van der Waals surface area contributed by atoms with Crippen molar-refractivity contribution in [3.63, 3.8) is 0 Å². The van der Waals surface area contributed by atoms with Crippen LogP contribution in [0.3, 0.4) is 0 Å². The molecule has 13 heavy (non-hydrogen) atoms. The fourth-order valence-electron chi connectivity index (χ4n) is 1.90. The largest absolute Gasteiger partial charge is 0.299 e. The van der Waals surface area contributed by atoms with Crippen LogP contribution in [0.4, 0.5) is 0 Å². The third-order valence-corrected chi connectivity index (χ3v) is 2.59. The lowest BCUT2D eigenvalue weighted by Gasteiger charge is -2.18. The number of rotatable bonds is 1. The van der Waals surface area contributed by atoms with Gasteiger partial charge in [0.05, 0.1) is 0 Å². The molecule has 66 valence electrons. The van der Waals surface area contributed by atoms with Gasteiger partial charge in [0.2, 0.25) is 0 Å². The Morgan fingerprint density at radius 3 is 2.92 bits per heavy atom. The lowest BCUT2D eigenvalue weighted by Crippen LogP contribution is -2.17. The zero-order valence-electron chi connectivity index (χ0n) is 8.11. The van der Waals surface area contributed by atoms with Gasteiger partial charge < -0.3 is 0 Å². The van der Waals surface area contributed by atoms with E-state index in [4.69, 9.17) is 0 Å². The molecule has 0 aliphatic carbocycles. The minimum absolute atomic E-state index is 0. The van der Waals surface area contributed by atoms with Gasteiger partial charge >= 0.3 is 0 Å². The van der Waals surface area contributed by atoms with E-state index in [2.05, 4.69) is 23.0 Å². The molecule has 0 bridgehead atoms. The maximum atomic E-state index is 4.14. The summed E-state index contributed by atoms with van der Waals surface area (Å²) in [6.07, 6.45) is 6.41. The highest BCUT2D eigenvalue weighted by atomic mass is 24.3. The van der Waals surface area contributed by atoms with Gasteiger partial charge in [-0.2, -0.15) is 0 Å². The number of nitrogens with zero attached hydrogens (tertiary/aromatic N) is 2. The SMILES string of the molecule is CN1CCCC1c1cccnc1.[Mg]. The molecule has 2 heterocycles. The third kappa shape index (κ3) is 2.42. The van der Waals surface area contributed by atoms with Crippen molar-refractivity contribution in [3.8, 4) is 0 Å². The minimum atomic E-state index is 0. The van der Waals surface area contributed by atoms with Crippen molar-refractivity contribution in [2.75, 3.05) is 13.6 Å². The molecule has 1 aliphatic heterocycles. The van der Waals surface area contributed by atoms with Crippen LogP contribution in [-0.4, -0.2) is 46.5 Å². The summed E-state index contributed by atoms with van der Waals surface area (Å²) in [5.74, 6) is 0. The van der Waals surface area contributed by atoms with Crippen molar-refractivity contribution in [3.05, 3.63) is 30.1 Å². The van der Waals surface area contributed by atoms with E-state index in [1.807, 2.05) is 18.5 Å². The second kappa shape index (κ2) is 4.93. The van der Waals surface area contributed by atoms with Gasteiger partial charge in [0.15, 0.2) is 0 Å². The first-order valence-electron chi connectivity index (χ1n) is 4.48. The van der Waals surface area contributed by atoms with Crippen molar-refractivity contribution in [1.82, 2.24) is 9.88 Å². The maximum absolute atomic E-state index is 4.14. The first-order chi connectivity index (χ1) is 5.88. The van der Waals surface area contributed by atoms with Crippen LogP contribution in [0.1, 0.15) is 24.4 Å². The molecule has 0 saturated carbocycles.